The second kappa shape index (κ2) is 4.31. The Balaban J connectivity index is 2.28. The van der Waals surface area contributed by atoms with Gasteiger partial charge in [-0.3, -0.25) is 4.98 Å². The number of aryl methyl sites for hydroxylation is 1. The third-order valence-corrected chi connectivity index (χ3v) is 3.28. The van der Waals surface area contributed by atoms with Crippen LogP contribution in [0.5, 0.6) is 0 Å². The maximum Gasteiger partial charge on any atom is 0.0734 e. The number of pyridine rings is 1. The van der Waals surface area contributed by atoms with Crippen LogP contribution in [0, 0.1) is 6.92 Å². The summed E-state index contributed by atoms with van der Waals surface area (Å²) in [4.78, 5) is 5.47. The molecule has 2 N–H and O–H groups in total. The highest BCUT2D eigenvalue weighted by atomic mass is 35.5. The van der Waals surface area contributed by atoms with E-state index in [4.69, 9.17) is 17.3 Å². The van der Waals surface area contributed by atoms with Gasteiger partial charge in [-0.2, -0.15) is 0 Å². The van der Waals surface area contributed by atoms with Gasteiger partial charge in [0.2, 0.25) is 0 Å². The van der Waals surface area contributed by atoms with Gasteiger partial charge < -0.3 is 5.73 Å². The van der Waals surface area contributed by atoms with Crippen molar-refractivity contribution in [3.05, 3.63) is 50.9 Å². The van der Waals surface area contributed by atoms with E-state index in [1.54, 1.807) is 17.5 Å². The van der Waals surface area contributed by atoms with Crippen molar-refractivity contribution in [1.82, 2.24) is 4.98 Å². The minimum Gasteiger partial charge on any atom is -0.319 e. The third kappa shape index (κ3) is 2.37. The second-order valence-electron chi connectivity index (χ2n) is 3.37. The molecule has 2 aromatic heterocycles. The predicted octanol–water partition coefficient (Wildman–Crippen LogP) is 3.15. The quantitative estimate of drug-likeness (QED) is 0.873. The third-order valence-electron chi connectivity index (χ3n) is 2.18. The molecule has 1 unspecified atom stereocenters. The molecule has 0 aliphatic rings. The number of hydrogen-bond acceptors (Lipinski definition) is 3. The lowest BCUT2D eigenvalue weighted by Crippen LogP contribution is -2.12. The molecule has 2 rings (SSSR count). The van der Waals surface area contributed by atoms with E-state index in [-0.39, 0.29) is 6.04 Å². The van der Waals surface area contributed by atoms with E-state index >= 15 is 0 Å². The molecule has 15 heavy (non-hydrogen) atoms. The first-order valence-electron chi connectivity index (χ1n) is 4.59. The molecule has 78 valence electrons. The first-order valence-corrected chi connectivity index (χ1v) is 5.84. The molecule has 0 bridgehead atoms. The molecule has 2 aromatic rings. The maximum atomic E-state index is 6.08. The van der Waals surface area contributed by atoms with Crippen molar-refractivity contribution in [1.29, 1.82) is 0 Å². The molecule has 2 nitrogen and oxygen atoms in total. The first-order chi connectivity index (χ1) is 7.16. The molecule has 0 fully saturated rings. The summed E-state index contributed by atoms with van der Waals surface area (Å²) in [5, 5.41) is 2.70. The monoisotopic (exact) mass is 238 g/mol. The lowest BCUT2D eigenvalue weighted by atomic mass is 10.1. The van der Waals surface area contributed by atoms with Gasteiger partial charge in [0.25, 0.3) is 0 Å². The standard InChI is InChI=1S/C11H11ClN2S/c1-7-4-8(6-15-7)11(13)10-3-2-9(12)5-14-10/h2-6,11H,13H2,1H3. The fourth-order valence-corrected chi connectivity index (χ4v) is 2.22. The van der Waals surface area contributed by atoms with Crippen molar-refractivity contribution >= 4 is 22.9 Å². The lowest BCUT2D eigenvalue weighted by molar-refractivity contribution is 0.832. The van der Waals surface area contributed by atoms with E-state index in [0.29, 0.717) is 5.02 Å². The van der Waals surface area contributed by atoms with Crippen molar-refractivity contribution in [2.75, 3.05) is 0 Å². The molecule has 2 heterocycles. The van der Waals surface area contributed by atoms with Crippen LogP contribution in [-0.2, 0) is 0 Å². The summed E-state index contributed by atoms with van der Waals surface area (Å²) < 4.78 is 0. The Morgan fingerprint density at radius 2 is 2.27 bits per heavy atom. The topological polar surface area (TPSA) is 38.9 Å². The summed E-state index contributed by atoms with van der Waals surface area (Å²) in [5.41, 5.74) is 8.03. The van der Waals surface area contributed by atoms with Crippen LogP contribution >= 0.6 is 22.9 Å². The number of nitrogens with two attached hydrogens (primary N) is 1. The van der Waals surface area contributed by atoms with Gasteiger partial charge in [-0.25, -0.2) is 0 Å². The molecule has 0 aromatic carbocycles. The zero-order chi connectivity index (χ0) is 10.8. The van der Waals surface area contributed by atoms with Gasteiger partial charge in [0, 0.05) is 11.1 Å². The number of thiophene rings is 1. The SMILES string of the molecule is Cc1cc(C(N)c2ccc(Cl)cn2)cs1. The van der Waals surface area contributed by atoms with Gasteiger partial charge in [-0.05, 0) is 36.1 Å². The largest absolute Gasteiger partial charge is 0.319 e. The van der Waals surface area contributed by atoms with Gasteiger partial charge in [0.15, 0.2) is 0 Å². The Hall–Kier alpha value is -0.900. The Kier molecular flexibility index (Phi) is 3.05. The second-order valence-corrected chi connectivity index (χ2v) is 4.92. The fourth-order valence-electron chi connectivity index (χ4n) is 1.37. The van der Waals surface area contributed by atoms with Crippen molar-refractivity contribution in [2.45, 2.75) is 13.0 Å². The zero-order valence-electron chi connectivity index (χ0n) is 8.27. The molecule has 0 saturated heterocycles. The number of hydrogen-bond donors (Lipinski definition) is 1. The molecular formula is C11H11ClN2S. The number of nitrogens with zero attached hydrogens (tertiary/aromatic N) is 1. The van der Waals surface area contributed by atoms with E-state index < -0.39 is 0 Å². The molecule has 0 spiro atoms. The van der Waals surface area contributed by atoms with Crippen LogP contribution in [-0.4, -0.2) is 4.98 Å². The van der Waals surface area contributed by atoms with Crippen LogP contribution in [0.3, 0.4) is 0 Å². The molecule has 4 heteroatoms. The van der Waals surface area contributed by atoms with Crippen LogP contribution in [0.25, 0.3) is 0 Å². The van der Waals surface area contributed by atoms with E-state index in [9.17, 15) is 0 Å². The van der Waals surface area contributed by atoms with Crippen LogP contribution in [0.1, 0.15) is 22.2 Å². The number of halogens is 1. The Morgan fingerprint density at radius 3 is 2.80 bits per heavy atom. The van der Waals surface area contributed by atoms with Crippen LogP contribution < -0.4 is 5.73 Å². The van der Waals surface area contributed by atoms with Gasteiger partial charge in [-0.15, -0.1) is 11.3 Å². The Bertz CT molecular complexity index is 450. The van der Waals surface area contributed by atoms with Crippen molar-refractivity contribution < 1.29 is 0 Å². The van der Waals surface area contributed by atoms with Crippen molar-refractivity contribution in [3.63, 3.8) is 0 Å². The maximum absolute atomic E-state index is 6.08. The Labute approximate surface area is 97.7 Å². The summed E-state index contributed by atoms with van der Waals surface area (Å²) in [6, 6.07) is 5.60. The van der Waals surface area contributed by atoms with Crippen LogP contribution in [0.2, 0.25) is 5.02 Å². The summed E-state index contributed by atoms with van der Waals surface area (Å²) in [6.07, 6.45) is 1.62. The summed E-state index contributed by atoms with van der Waals surface area (Å²) in [6.45, 7) is 2.07. The highest BCUT2D eigenvalue weighted by Gasteiger charge is 2.11. The summed E-state index contributed by atoms with van der Waals surface area (Å²) in [5.74, 6) is 0. The average molecular weight is 239 g/mol. The minimum absolute atomic E-state index is 0.160. The first kappa shape index (κ1) is 10.6. The molecular weight excluding hydrogens is 228 g/mol. The molecule has 0 amide bonds. The van der Waals surface area contributed by atoms with Gasteiger partial charge in [0.05, 0.1) is 16.8 Å². The van der Waals surface area contributed by atoms with E-state index in [2.05, 4.69) is 23.4 Å². The lowest BCUT2D eigenvalue weighted by Gasteiger charge is -2.08. The van der Waals surface area contributed by atoms with E-state index in [0.717, 1.165) is 11.3 Å². The van der Waals surface area contributed by atoms with Crippen molar-refractivity contribution in [2.24, 2.45) is 5.73 Å². The Morgan fingerprint density at radius 1 is 1.47 bits per heavy atom. The fraction of sp³-hybridized carbons (Fsp3) is 0.182. The predicted molar refractivity (Wildman–Crippen MR) is 64.3 cm³/mol. The van der Waals surface area contributed by atoms with Gasteiger partial charge in [0.1, 0.15) is 0 Å². The highest BCUT2D eigenvalue weighted by molar-refractivity contribution is 7.10. The van der Waals surface area contributed by atoms with Gasteiger partial charge >= 0.3 is 0 Å². The van der Waals surface area contributed by atoms with Crippen LogP contribution in [0.4, 0.5) is 0 Å². The average Bonchev–Trinajstić information content (AvgIpc) is 2.65. The smallest absolute Gasteiger partial charge is 0.0734 e. The molecule has 1 atom stereocenters. The van der Waals surface area contributed by atoms with E-state index in [1.807, 2.05) is 12.1 Å². The normalized spacial score (nSPS) is 12.7. The summed E-state index contributed by atoms with van der Waals surface area (Å²) in [7, 11) is 0. The highest BCUT2D eigenvalue weighted by Crippen LogP contribution is 2.23. The molecule has 0 aliphatic heterocycles. The molecule has 0 radical (unpaired) electrons. The molecule has 0 aliphatic carbocycles. The summed E-state index contributed by atoms with van der Waals surface area (Å²) >= 11 is 7.46. The zero-order valence-corrected chi connectivity index (χ0v) is 9.85. The van der Waals surface area contributed by atoms with Crippen molar-refractivity contribution in [3.8, 4) is 0 Å². The number of rotatable bonds is 2. The van der Waals surface area contributed by atoms with E-state index in [1.165, 1.54) is 4.88 Å². The van der Waals surface area contributed by atoms with Gasteiger partial charge in [-0.1, -0.05) is 11.6 Å². The number of aromatic nitrogens is 1. The molecule has 0 saturated carbocycles. The van der Waals surface area contributed by atoms with Crippen LogP contribution in [0.15, 0.2) is 29.8 Å². The minimum atomic E-state index is -0.160.